The average Bonchev–Trinajstić information content (AvgIpc) is 3.07. The van der Waals surface area contributed by atoms with Gasteiger partial charge in [-0.05, 0) is 43.2 Å². The van der Waals surface area contributed by atoms with Gasteiger partial charge in [0.1, 0.15) is 0 Å². The zero-order valence-corrected chi connectivity index (χ0v) is 9.21. The third-order valence-electron chi connectivity index (χ3n) is 3.87. The van der Waals surface area contributed by atoms with E-state index in [-0.39, 0.29) is 5.92 Å². The fourth-order valence-electron chi connectivity index (χ4n) is 2.73. The van der Waals surface area contributed by atoms with Gasteiger partial charge in [-0.3, -0.25) is 4.98 Å². The molecule has 0 radical (unpaired) electrons. The Morgan fingerprint density at radius 1 is 1.19 bits per heavy atom. The number of aromatic nitrogens is 1. The van der Waals surface area contributed by atoms with Crippen LogP contribution in [-0.4, -0.2) is 27.4 Å². The lowest BCUT2D eigenvalue weighted by molar-refractivity contribution is -0.0102. The van der Waals surface area contributed by atoms with E-state index in [9.17, 15) is 10.2 Å². The lowest BCUT2D eigenvalue weighted by Crippen LogP contribution is -2.33. The highest BCUT2D eigenvalue weighted by Crippen LogP contribution is 2.40. The third kappa shape index (κ3) is 1.64. The molecule has 0 amide bonds. The van der Waals surface area contributed by atoms with E-state index < -0.39 is 12.2 Å². The monoisotopic (exact) mass is 219 g/mol. The summed E-state index contributed by atoms with van der Waals surface area (Å²) in [5, 5.41) is 20.2. The Labute approximate surface area is 95.1 Å². The van der Waals surface area contributed by atoms with Gasteiger partial charge in [0.25, 0.3) is 0 Å². The normalized spacial score (nSPS) is 27.5. The maximum absolute atomic E-state index is 10.2. The van der Waals surface area contributed by atoms with Crippen molar-refractivity contribution in [1.82, 2.24) is 4.98 Å². The van der Waals surface area contributed by atoms with Crippen molar-refractivity contribution in [3.8, 4) is 0 Å². The van der Waals surface area contributed by atoms with Gasteiger partial charge in [-0.25, -0.2) is 0 Å². The minimum Gasteiger partial charge on any atom is -0.390 e. The van der Waals surface area contributed by atoms with Gasteiger partial charge in [0.15, 0.2) is 0 Å². The topological polar surface area (TPSA) is 53.4 Å². The maximum atomic E-state index is 10.2. The minimum atomic E-state index is -0.636. The average molecular weight is 219 g/mol. The molecule has 2 aliphatic rings. The van der Waals surface area contributed by atoms with Gasteiger partial charge in [-0.15, -0.1) is 0 Å². The van der Waals surface area contributed by atoms with Crippen LogP contribution < -0.4 is 0 Å². The third-order valence-corrected chi connectivity index (χ3v) is 3.87. The summed E-state index contributed by atoms with van der Waals surface area (Å²) in [6, 6.07) is 4.00. The summed E-state index contributed by atoms with van der Waals surface area (Å²) in [6.45, 7) is 0. The predicted octanol–water partition coefficient (Wildman–Crippen LogP) is 1.24. The first-order chi connectivity index (χ1) is 7.77. The van der Waals surface area contributed by atoms with E-state index in [1.807, 2.05) is 6.07 Å². The van der Waals surface area contributed by atoms with E-state index in [0.717, 1.165) is 31.4 Å². The Hall–Kier alpha value is -0.930. The van der Waals surface area contributed by atoms with Crippen molar-refractivity contribution in [1.29, 1.82) is 0 Å². The highest BCUT2D eigenvalue weighted by Gasteiger charge is 2.40. The van der Waals surface area contributed by atoms with Gasteiger partial charge in [-0.2, -0.15) is 0 Å². The number of fused-ring (bicyclic) bond motifs is 1. The van der Waals surface area contributed by atoms with Crippen molar-refractivity contribution >= 4 is 0 Å². The number of pyridine rings is 1. The lowest BCUT2D eigenvalue weighted by atomic mass is 9.93. The quantitative estimate of drug-likeness (QED) is 0.804. The molecule has 3 atom stereocenters. The Morgan fingerprint density at radius 2 is 2.00 bits per heavy atom. The summed E-state index contributed by atoms with van der Waals surface area (Å²) < 4.78 is 0. The van der Waals surface area contributed by atoms with Crippen LogP contribution in [0.5, 0.6) is 0 Å². The van der Waals surface area contributed by atoms with Gasteiger partial charge in [0.2, 0.25) is 0 Å². The van der Waals surface area contributed by atoms with Crippen molar-refractivity contribution < 1.29 is 10.2 Å². The lowest BCUT2D eigenvalue weighted by Gasteiger charge is -2.23. The maximum Gasteiger partial charge on any atom is 0.0885 e. The zero-order chi connectivity index (χ0) is 11.1. The molecule has 1 fully saturated rings. The van der Waals surface area contributed by atoms with E-state index in [1.165, 1.54) is 5.56 Å². The van der Waals surface area contributed by atoms with E-state index in [0.29, 0.717) is 5.92 Å². The minimum absolute atomic E-state index is 0.0341. The molecule has 86 valence electrons. The summed E-state index contributed by atoms with van der Waals surface area (Å²) in [4.78, 5) is 4.35. The van der Waals surface area contributed by atoms with Crippen LogP contribution in [0.3, 0.4) is 0 Å². The number of aliphatic hydroxyl groups is 2. The molecule has 2 aliphatic carbocycles. The predicted molar refractivity (Wildman–Crippen MR) is 60.0 cm³/mol. The number of aryl methyl sites for hydroxylation is 1. The molecule has 1 aromatic heterocycles. The second kappa shape index (κ2) is 3.82. The fourth-order valence-corrected chi connectivity index (χ4v) is 2.73. The van der Waals surface area contributed by atoms with E-state index in [4.69, 9.17) is 0 Å². The van der Waals surface area contributed by atoms with Crippen LogP contribution in [-0.2, 0) is 6.42 Å². The molecule has 2 N–H and O–H groups in total. The summed E-state index contributed by atoms with van der Waals surface area (Å²) in [5.74, 6) is 0.356. The Balaban J connectivity index is 1.81. The smallest absolute Gasteiger partial charge is 0.0885 e. The molecule has 3 heteroatoms. The molecular weight excluding hydrogens is 202 g/mol. The highest BCUT2D eigenvalue weighted by atomic mass is 16.3. The summed E-state index contributed by atoms with van der Waals surface area (Å²) >= 11 is 0. The first-order valence-electron chi connectivity index (χ1n) is 6.07. The van der Waals surface area contributed by atoms with Crippen LogP contribution >= 0.6 is 0 Å². The number of nitrogens with zero attached hydrogens (tertiary/aromatic N) is 1. The molecule has 1 saturated carbocycles. The van der Waals surface area contributed by atoms with Gasteiger partial charge in [0, 0.05) is 17.8 Å². The van der Waals surface area contributed by atoms with Gasteiger partial charge < -0.3 is 10.2 Å². The molecule has 1 aromatic rings. The molecule has 0 saturated heterocycles. The summed E-state index contributed by atoms with van der Waals surface area (Å²) in [5.41, 5.74) is 2.23. The zero-order valence-electron chi connectivity index (χ0n) is 9.21. The Morgan fingerprint density at radius 3 is 2.75 bits per heavy atom. The van der Waals surface area contributed by atoms with E-state index >= 15 is 0 Å². The van der Waals surface area contributed by atoms with Crippen molar-refractivity contribution in [3.63, 3.8) is 0 Å². The SMILES string of the molecule is OC(C1CC1)C(O)C1CCc2cccnc21. The second-order valence-corrected chi connectivity index (χ2v) is 5.01. The van der Waals surface area contributed by atoms with Crippen molar-refractivity contribution in [3.05, 3.63) is 29.6 Å². The number of hydrogen-bond donors (Lipinski definition) is 2. The highest BCUT2D eigenvalue weighted by molar-refractivity contribution is 5.29. The van der Waals surface area contributed by atoms with Crippen LogP contribution in [0.2, 0.25) is 0 Å². The van der Waals surface area contributed by atoms with Gasteiger partial charge in [-0.1, -0.05) is 6.07 Å². The summed E-state index contributed by atoms with van der Waals surface area (Å²) in [6.07, 6.45) is 4.58. The van der Waals surface area contributed by atoms with Crippen molar-refractivity contribution in [2.45, 2.75) is 43.8 Å². The molecular formula is C13H17NO2. The van der Waals surface area contributed by atoms with Crippen LogP contribution in [0.15, 0.2) is 18.3 Å². The molecule has 0 bridgehead atoms. The largest absolute Gasteiger partial charge is 0.390 e. The van der Waals surface area contributed by atoms with E-state index in [2.05, 4.69) is 11.1 Å². The van der Waals surface area contributed by atoms with Crippen molar-refractivity contribution in [2.24, 2.45) is 5.92 Å². The fraction of sp³-hybridized carbons (Fsp3) is 0.615. The number of rotatable bonds is 3. The molecule has 0 spiro atoms. The second-order valence-electron chi connectivity index (χ2n) is 5.01. The van der Waals surface area contributed by atoms with Crippen LogP contribution in [0.1, 0.15) is 36.4 Å². The number of hydrogen-bond acceptors (Lipinski definition) is 3. The molecule has 0 aromatic carbocycles. The molecule has 16 heavy (non-hydrogen) atoms. The van der Waals surface area contributed by atoms with E-state index in [1.54, 1.807) is 6.20 Å². The van der Waals surface area contributed by atoms with Gasteiger partial charge >= 0.3 is 0 Å². The first kappa shape index (κ1) is 10.2. The molecule has 3 nitrogen and oxygen atoms in total. The van der Waals surface area contributed by atoms with Crippen LogP contribution in [0.4, 0.5) is 0 Å². The Bertz CT molecular complexity index is 389. The molecule has 1 heterocycles. The van der Waals surface area contributed by atoms with Crippen molar-refractivity contribution in [2.75, 3.05) is 0 Å². The van der Waals surface area contributed by atoms with Gasteiger partial charge in [0.05, 0.1) is 12.2 Å². The standard InChI is InChI=1S/C13H17NO2/c15-12(9-3-4-9)13(16)10-6-5-8-2-1-7-14-11(8)10/h1-2,7,9-10,12-13,15-16H,3-6H2. The van der Waals surface area contributed by atoms with Crippen LogP contribution in [0, 0.1) is 5.92 Å². The number of aliphatic hydroxyl groups excluding tert-OH is 2. The van der Waals surface area contributed by atoms with Crippen LogP contribution in [0.25, 0.3) is 0 Å². The first-order valence-corrected chi connectivity index (χ1v) is 6.07. The molecule has 3 rings (SSSR count). The molecule has 3 unspecified atom stereocenters. The summed E-state index contributed by atoms with van der Waals surface area (Å²) in [7, 11) is 0. The Kier molecular flexibility index (Phi) is 2.45. The molecule has 0 aliphatic heterocycles.